The molecule has 2 rings (SSSR count). The molecule has 2 aromatic rings. The number of fused-ring (bicyclic) bond motifs is 1. The first-order valence-electron chi connectivity index (χ1n) is 4.87. The van der Waals surface area contributed by atoms with Crippen LogP contribution in [0.4, 0.5) is 0 Å². The van der Waals surface area contributed by atoms with E-state index in [-0.39, 0.29) is 0 Å². The Kier molecular flexibility index (Phi) is 2.91. The molecular formula is C12H12BrNO. The van der Waals surface area contributed by atoms with E-state index in [0.29, 0.717) is 5.88 Å². The summed E-state index contributed by atoms with van der Waals surface area (Å²) in [6.07, 6.45) is 2.79. The first kappa shape index (κ1) is 10.4. The molecule has 3 heteroatoms. The molecule has 2 nitrogen and oxygen atoms in total. The molecule has 1 aromatic carbocycles. The minimum Gasteiger partial charge on any atom is -0.481 e. The Labute approximate surface area is 97.4 Å². The van der Waals surface area contributed by atoms with E-state index in [1.807, 2.05) is 0 Å². The monoisotopic (exact) mass is 265 g/mol. The predicted molar refractivity (Wildman–Crippen MR) is 65.4 cm³/mol. The van der Waals surface area contributed by atoms with E-state index in [9.17, 15) is 0 Å². The quantitative estimate of drug-likeness (QED) is 0.829. The summed E-state index contributed by atoms with van der Waals surface area (Å²) in [5, 5.41) is 2.20. The van der Waals surface area contributed by atoms with Crippen molar-refractivity contribution in [2.45, 2.75) is 13.3 Å². The standard InChI is InChI=1S/C12H12BrNO/c1-3-8-4-5-9-10(6-8)12(15-2)14-7-11(9)13/h4-7H,3H2,1-2H3. The van der Waals surface area contributed by atoms with Crippen LogP contribution in [0.15, 0.2) is 28.9 Å². The molecular weight excluding hydrogens is 254 g/mol. The second-order valence-corrected chi connectivity index (χ2v) is 4.20. The molecule has 78 valence electrons. The van der Waals surface area contributed by atoms with Crippen molar-refractivity contribution in [2.75, 3.05) is 7.11 Å². The van der Waals surface area contributed by atoms with Crippen LogP contribution < -0.4 is 4.74 Å². The molecule has 1 aromatic heterocycles. The fourth-order valence-electron chi connectivity index (χ4n) is 1.61. The highest BCUT2D eigenvalue weighted by molar-refractivity contribution is 9.10. The van der Waals surface area contributed by atoms with Crippen molar-refractivity contribution >= 4 is 26.7 Å². The van der Waals surface area contributed by atoms with Gasteiger partial charge >= 0.3 is 0 Å². The average Bonchev–Trinajstić information content (AvgIpc) is 2.29. The number of hydrogen-bond donors (Lipinski definition) is 0. The number of aryl methyl sites for hydroxylation is 1. The number of nitrogens with zero attached hydrogens (tertiary/aromatic N) is 1. The van der Waals surface area contributed by atoms with Gasteiger partial charge in [-0.2, -0.15) is 0 Å². The molecule has 15 heavy (non-hydrogen) atoms. The summed E-state index contributed by atoms with van der Waals surface area (Å²) in [5.74, 6) is 0.684. The summed E-state index contributed by atoms with van der Waals surface area (Å²) in [6, 6.07) is 6.36. The fraction of sp³-hybridized carbons (Fsp3) is 0.250. The summed E-state index contributed by atoms with van der Waals surface area (Å²) in [7, 11) is 1.65. The van der Waals surface area contributed by atoms with Crippen molar-refractivity contribution in [1.82, 2.24) is 4.98 Å². The second kappa shape index (κ2) is 4.19. The molecule has 1 heterocycles. The third-order valence-electron chi connectivity index (χ3n) is 2.47. The Bertz CT molecular complexity index is 496. The van der Waals surface area contributed by atoms with E-state index in [1.54, 1.807) is 13.3 Å². The molecule has 0 N–H and O–H groups in total. The summed E-state index contributed by atoms with van der Waals surface area (Å²) in [5.41, 5.74) is 1.29. The predicted octanol–water partition coefficient (Wildman–Crippen LogP) is 3.57. The number of benzene rings is 1. The molecule has 0 amide bonds. The number of methoxy groups -OCH3 is 1. The zero-order valence-corrected chi connectivity index (χ0v) is 10.3. The van der Waals surface area contributed by atoms with Crippen LogP contribution in [-0.4, -0.2) is 12.1 Å². The SMILES string of the molecule is CCc1ccc2c(Br)cnc(OC)c2c1. The topological polar surface area (TPSA) is 22.1 Å². The van der Waals surface area contributed by atoms with E-state index < -0.39 is 0 Å². The van der Waals surface area contributed by atoms with Crippen LogP contribution in [0.3, 0.4) is 0 Å². The van der Waals surface area contributed by atoms with Gasteiger partial charge in [0.15, 0.2) is 0 Å². The second-order valence-electron chi connectivity index (χ2n) is 3.35. The highest BCUT2D eigenvalue weighted by Crippen LogP contribution is 2.30. The van der Waals surface area contributed by atoms with Crippen LogP contribution >= 0.6 is 15.9 Å². The number of ether oxygens (including phenoxy) is 1. The first-order valence-corrected chi connectivity index (χ1v) is 5.66. The fourth-order valence-corrected chi connectivity index (χ4v) is 2.06. The number of rotatable bonds is 2. The molecule has 0 saturated carbocycles. The van der Waals surface area contributed by atoms with E-state index in [4.69, 9.17) is 4.74 Å². The maximum Gasteiger partial charge on any atom is 0.221 e. The third kappa shape index (κ3) is 1.84. The molecule has 0 unspecified atom stereocenters. The molecule has 0 spiro atoms. The van der Waals surface area contributed by atoms with Crippen LogP contribution in [0, 0.1) is 0 Å². The van der Waals surface area contributed by atoms with Gasteiger partial charge in [0, 0.05) is 21.4 Å². The highest BCUT2D eigenvalue weighted by Gasteiger charge is 2.06. The Morgan fingerprint density at radius 1 is 1.33 bits per heavy atom. The smallest absolute Gasteiger partial charge is 0.221 e. The molecule has 0 aliphatic heterocycles. The van der Waals surface area contributed by atoms with Gasteiger partial charge in [0.05, 0.1) is 7.11 Å². The van der Waals surface area contributed by atoms with Gasteiger partial charge < -0.3 is 4.74 Å². The van der Waals surface area contributed by atoms with E-state index >= 15 is 0 Å². The van der Waals surface area contributed by atoms with Crippen LogP contribution in [0.1, 0.15) is 12.5 Å². The molecule has 0 bridgehead atoms. The van der Waals surface area contributed by atoms with Gasteiger partial charge in [0.25, 0.3) is 0 Å². The Hall–Kier alpha value is -1.09. The van der Waals surface area contributed by atoms with Gasteiger partial charge in [-0.05, 0) is 34.0 Å². The van der Waals surface area contributed by atoms with Crippen LogP contribution in [0.25, 0.3) is 10.8 Å². The zero-order valence-electron chi connectivity index (χ0n) is 8.75. The van der Waals surface area contributed by atoms with Crippen molar-refractivity contribution in [1.29, 1.82) is 0 Å². The van der Waals surface area contributed by atoms with Gasteiger partial charge in [-0.25, -0.2) is 4.98 Å². The average molecular weight is 266 g/mol. The van der Waals surface area contributed by atoms with E-state index in [2.05, 4.69) is 46.0 Å². The minimum absolute atomic E-state index is 0.684. The van der Waals surface area contributed by atoms with Gasteiger partial charge in [-0.15, -0.1) is 0 Å². The van der Waals surface area contributed by atoms with Crippen molar-refractivity contribution in [3.05, 3.63) is 34.4 Å². The van der Waals surface area contributed by atoms with Crippen LogP contribution in [-0.2, 0) is 6.42 Å². The summed E-state index contributed by atoms with van der Waals surface area (Å²) in [6.45, 7) is 2.14. The van der Waals surface area contributed by atoms with Crippen molar-refractivity contribution in [3.8, 4) is 5.88 Å². The summed E-state index contributed by atoms with van der Waals surface area (Å²) >= 11 is 3.49. The lowest BCUT2D eigenvalue weighted by Gasteiger charge is -2.07. The highest BCUT2D eigenvalue weighted by atomic mass is 79.9. The van der Waals surface area contributed by atoms with Gasteiger partial charge in [-0.3, -0.25) is 0 Å². The number of pyridine rings is 1. The first-order chi connectivity index (χ1) is 7.26. The maximum absolute atomic E-state index is 5.25. The minimum atomic E-state index is 0.684. The maximum atomic E-state index is 5.25. The Morgan fingerprint density at radius 2 is 2.13 bits per heavy atom. The molecule has 0 radical (unpaired) electrons. The normalized spacial score (nSPS) is 10.6. The van der Waals surface area contributed by atoms with Crippen LogP contribution in [0.5, 0.6) is 5.88 Å². The molecule has 0 atom stereocenters. The largest absolute Gasteiger partial charge is 0.481 e. The lowest BCUT2D eigenvalue weighted by atomic mass is 10.1. The van der Waals surface area contributed by atoms with Crippen molar-refractivity contribution in [3.63, 3.8) is 0 Å². The van der Waals surface area contributed by atoms with E-state index in [1.165, 1.54) is 5.56 Å². The molecule has 0 aliphatic carbocycles. The lowest BCUT2D eigenvalue weighted by molar-refractivity contribution is 0.403. The number of hydrogen-bond acceptors (Lipinski definition) is 2. The molecule has 0 aliphatic rings. The van der Waals surface area contributed by atoms with Crippen molar-refractivity contribution < 1.29 is 4.74 Å². The summed E-state index contributed by atoms with van der Waals surface area (Å²) in [4.78, 5) is 4.23. The van der Waals surface area contributed by atoms with Crippen molar-refractivity contribution in [2.24, 2.45) is 0 Å². The number of aromatic nitrogens is 1. The molecule has 0 saturated heterocycles. The van der Waals surface area contributed by atoms with Gasteiger partial charge in [0.1, 0.15) is 0 Å². The summed E-state index contributed by atoms with van der Waals surface area (Å²) < 4.78 is 6.25. The Balaban J connectivity index is 2.77. The third-order valence-corrected chi connectivity index (χ3v) is 3.10. The number of halogens is 1. The van der Waals surface area contributed by atoms with E-state index in [0.717, 1.165) is 21.7 Å². The van der Waals surface area contributed by atoms with Crippen LogP contribution in [0.2, 0.25) is 0 Å². The Morgan fingerprint density at radius 3 is 2.80 bits per heavy atom. The van der Waals surface area contributed by atoms with Gasteiger partial charge in [-0.1, -0.05) is 19.1 Å². The van der Waals surface area contributed by atoms with Gasteiger partial charge in [0.2, 0.25) is 5.88 Å². The lowest BCUT2D eigenvalue weighted by Crippen LogP contribution is -1.90. The zero-order chi connectivity index (χ0) is 10.8. The molecule has 0 fully saturated rings.